The van der Waals surface area contributed by atoms with E-state index in [0.29, 0.717) is 17.0 Å². The molecule has 0 spiro atoms. The molecule has 1 amide bonds. The Labute approximate surface area is 180 Å². The molecule has 0 bridgehead atoms. The van der Waals surface area contributed by atoms with E-state index < -0.39 is 11.9 Å². The molecule has 3 rings (SSSR count). The number of aryl methyl sites for hydroxylation is 1. The van der Waals surface area contributed by atoms with Crippen LogP contribution in [0.4, 0.5) is 5.69 Å². The highest BCUT2D eigenvalue weighted by Gasteiger charge is 2.10. The van der Waals surface area contributed by atoms with Crippen molar-refractivity contribution in [1.29, 1.82) is 5.26 Å². The molecule has 6 nitrogen and oxygen atoms in total. The average molecular weight is 412 g/mol. The van der Waals surface area contributed by atoms with Gasteiger partial charge in [0.05, 0.1) is 5.56 Å². The van der Waals surface area contributed by atoms with Crippen LogP contribution in [-0.4, -0.2) is 17.0 Å². The van der Waals surface area contributed by atoms with Gasteiger partial charge in [-0.15, -0.1) is 0 Å². The lowest BCUT2D eigenvalue weighted by Crippen LogP contribution is -2.13. The van der Waals surface area contributed by atoms with Crippen LogP contribution in [0.25, 0.3) is 6.08 Å². The zero-order chi connectivity index (χ0) is 22.2. The molecule has 0 fully saturated rings. The maximum atomic E-state index is 12.4. The number of carbonyl (C=O) groups is 2. The van der Waals surface area contributed by atoms with Crippen molar-refractivity contribution in [2.75, 3.05) is 5.32 Å². The third-order valence-corrected chi connectivity index (χ3v) is 4.44. The minimum Gasteiger partial charge on any atom is -0.489 e. The summed E-state index contributed by atoms with van der Waals surface area (Å²) in [6.45, 7) is 2.21. The molecule has 6 heteroatoms. The van der Waals surface area contributed by atoms with Crippen LogP contribution in [-0.2, 0) is 11.4 Å². The van der Waals surface area contributed by atoms with Gasteiger partial charge >= 0.3 is 5.97 Å². The number of nitriles is 1. The number of hydrogen-bond donors (Lipinski definition) is 2. The average Bonchev–Trinajstić information content (AvgIpc) is 2.77. The number of carboxylic acid groups (broad SMARTS) is 1. The Hall–Kier alpha value is -4.37. The molecule has 0 radical (unpaired) electrons. The second-order valence-corrected chi connectivity index (χ2v) is 6.85. The van der Waals surface area contributed by atoms with Gasteiger partial charge in [0.1, 0.15) is 24.0 Å². The van der Waals surface area contributed by atoms with Crippen molar-refractivity contribution in [1.82, 2.24) is 0 Å². The maximum Gasteiger partial charge on any atom is 0.335 e. The van der Waals surface area contributed by atoms with Gasteiger partial charge in [-0.05, 0) is 66.1 Å². The van der Waals surface area contributed by atoms with E-state index in [1.165, 1.54) is 18.2 Å². The van der Waals surface area contributed by atoms with Gasteiger partial charge in [-0.1, -0.05) is 36.4 Å². The number of aromatic carboxylic acids is 1. The molecule has 3 aromatic rings. The van der Waals surface area contributed by atoms with Gasteiger partial charge in [-0.25, -0.2) is 4.79 Å². The van der Waals surface area contributed by atoms with Crippen molar-refractivity contribution in [3.05, 3.63) is 101 Å². The molecule has 2 N–H and O–H groups in total. The van der Waals surface area contributed by atoms with Crippen LogP contribution in [0.15, 0.2) is 78.4 Å². The SMILES string of the molecule is Cc1cccc(NC(=O)/C(C#N)=C\c2ccc(OCc3ccc(C(=O)O)cc3)cc2)c1. The van der Waals surface area contributed by atoms with Gasteiger partial charge in [0.2, 0.25) is 0 Å². The third-order valence-electron chi connectivity index (χ3n) is 4.44. The number of carboxylic acids is 1. The van der Waals surface area contributed by atoms with Crippen LogP contribution >= 0.6 is 0 Å². The summed E-state index contributed by atoms with van der Waals surface area (Å²) in [5.74, 6) is -0.833. The Morgan fingerprint density at radius 1 is 1.06 bits per heavy atom. The van der Waals surface area contributed by atoms with Crippen molar-refractivity contribution in [3.8, 4) is 11.8 Å². The molecule has 3 aromatic carbocycles. The lowest BCUT2D eigenvalue weighted by atomic mass is 10.1. The van der Waals surface area contributed by atoms with Crippen molar-refractivity contribution in [2.24, 2.45) is 0 Å². The zero-order valence-corrected chi connectivity index (χ0v) is 16.8. The van der Waals surface area contributed by atoms with Crippen molar-refractivity contribution in [3.63, 3.8) is 0 Å². The molecule has 0 aromatic heterocycles. The number of benzene rings is 3. The fraction of sp³-hybridized carbons (Fsp3) is 0.0800. The Morgan fingerprint density at radius 2 is 1.77 bits per heavy atom. The number of rotatable bonds is 7. The van der Waals surface area contributed by atoms with Gasteiger partial charge < -0.3 is 15.2 Å². The maximum absolute atomic E-state index is 12.4. The van der Waals surface area contributed by atoms with Crippen LogP contribution in [0.2, 0.25) is 0 Å². The molecule has 0 aliphatic carbocycles. The summed E-state index contributed by atoms with van der Waals surface area (Å²) < 4.78 is 5.70. The molecule has 0 saturated carbocycles. The minimum absolute atomic E-state index is 0.00584. The quantitative estimate of drug-likeness (QED) is 0.428. The largest absolute Gasteiger partial charge is 0.489 e. The van der Waals surface area contributed by atoms with E-state index in [9.17, 15) is 14.9 Å². The zero-order valence-electron chi connectivity index (χ0n) is 16.8. The summed E-state index contributed by atoms with van der Waals surface area (Å²) in [5.41, 5.74) is 3.39. The standard InChI is InChI=1S/C25H20N2O4/c1-17-3-2-4-22(13-17)27-24(28)21(15-26)14-18-7-11-23(12-8-18)31-16-19-5-9-20(10-6-19)25(29)30/h2-14H,16H2,1H3,(H,27,28)(H,29,30)/b21-14-. The highest BCUT2D eigenvalue weighted by Crippen LogP contribution is 2.17. The Bertz CT molecular complexity index is 1160. The van der Waals surface area contributed by atoms with E-state index in [-0.39, 0.29) is 17.7 Å². The predicted octanol–water partition coefficient (Wildman–Crippen LogP) is 4.82. The van der Waals surface area contributed by atoms with Crippen LogP contribution < -0.4 is 10.1 Å². The topological polar surface area (TPSA) is 99.4 Å². The molecule has 0 atom stereocenters. The molecular weight excluding hydrogens is 392 g/mol. The van der Waals surface area contributed by atoms with Crippen molar-refractivity contribution in [2.45, 2.75) is 13.5 Å². The van der Waals surface area contributed by atoms with Gasteiger partial charge in [-0.2, -0.15) is 5.26 Å². The van der Waals surface area contributed by atoms with E-state index in [4.69, 9.17) is 9.84 Å². The predicted molar refractivity (Wildman–Crippen MR) is 118 cm³/mol. The van der Waals surface area contributed by atoms with Crippen LogP contribution in [0.3, 0.4) is 0 Å². The summed E-state index contributed by atoms with van der Waals surface area (Å²) in [6.07, 6.45) is 1.51. The number of ether oxygens (including phenoxy) is 1. The number of hydrogen-bond acceptors (Lipinski definition) is 4. The summed E-state index contributed by atoms with van der Waals surface area (Å²) in [5, 5.41) is 21.0. The normalized spacial score (nSPS) is 10.8. The second-order valence-electron chi connectivity index (χ2n) is 6.85. The van der Waals surface area contributed by atoms with E-state index in [0.717, 1.165) is 11.1 Å². The van der Waals surface area contributed by atoms with E-state index >= 15 is 0 Å². The fourth-order valence-corrected chi connectivity index (χ4v) is 2.81. The van der Waals surface area contributed by atoms with Crippen molar-refractivity contribution < 1.29 is 19.4 Å². The Kier molecular flexibility index (Phi) is 6.82. The molecule has 0 heterocycles. The van der Waals surface area contributed by atoms with Crippen molar-refractivity contribution >= 4 is 23.6 Å². The number of amides is 1. The van der Waals surface area contributed by atoms with Crippen LogP contribution in [0.1, 0.15) is 27.0 Å². The van der Waals surface area contributed by atoms with Gasteiger partial charge in [0.15, 0.2) is 0 Å². The summed E-state index contributed by atoms with van der Waals surface area (Å²) in [6, 6.07) is 22.7. The summed E-state index contributed by atoms with van der Waals surface area (Å²) >= 11 is 0. The monoisotopic (exact) mass is 412 g/mol. The van der Waals surface area contributed by atoms with E-state index in [1.807, 2.05) is 31.2 Å². The van der Waals surface area contributed by atoms with Gasteiger partial charge in [0, 0.05) is 5.69 Å². The molecule has 0 aliphatic rings. The lowest BCUT2D eigenvalue weighted by molar-refractivity contribution is -0.112. The molecule has 0 saturated heterocycles. The van der Waals surface area contributed by atoms with Crippen LogP contribution in [0, 0.1) is 18.3 Å². The summed E-state index contributed by atoms with van der Waals surface area (Å²) in [7, 11) is 0. The number of anilines is 1. The fourth-order valence-electron chi connectivity index (χ4n) is 2.81. The first-order valence-electron chi connectivity index (χ1n) is 9.49. The Balaban J connectivity index is 1.62. The Morgan fingerprint density at radius 3 is 2.39 bits per heavy atom. The third kappa shape index (κ3) is 6.05. The molecule has 0 unspecified atom stereocenters. The first kappa shape index (κ1) is 21.3. The first-order valence-corrected chi connectivity index (χ1v) is 9.49. The lowest BCUT2D eigenvalue weighted by Gasteiger charge is -2.07. The van der Waals surface area contributed by atoms with E-state index in [1.54, 1.807) is 42.5 Å². The smallest absolute Gasteiger partial charge is 0.335 e. The first-order chi connectivity index (χ1) is 14.9. The summed E-state index contributed by atoms with van der Waals surface area (Å²) in [4.78, 5) is 23.3. The van der Waals surface area contributed by atoms with Gasteiger partial charge in [-0.3, -0.25) is 4.79 Å². The second kappa shape index (κ2) is 9.90. The molecular formula is C25H20N2O4. The highest BCUT2D eigenvalue weighted by atomic mass is 16.5. The molecule has 154 valence electrons. The van der Waals surface area contributed by atoms with Gasteiger partial charge in [0.25, 0.3) is 5.91 Å². The molecule has 31 heavy (non-hydrogen) atoms. The highest BCUT2D eigenvalue weighted by molar-refractivity contribution is 6.09. The minimum atomic E-state index is -0.972. The van der Waals surface area contributed by atoms with Crippen LogP contribution in [0.5, 0.6) is 5.75 Å². The number of carbonyl (C=O) groups excluding carboxylic acids is 1. The number of nitrogens with one attached hydrogen (secondary N) is 1. The van der Waals surface area contributed by atoms with E-state index in [2.05, 4.69) is 5.32 Å². The molecule has 0 aliphatic heterocycles. The number of nitrogens with zero attached hydrogens (tertiary/aromatic N) is 1.